The third kappa shape index (κ3) is 4.70. The molecule has 0 spiro atoms. The minimum absolute atomic E-state index is 0.0528. The van der Waals surface area contributed by atoms with Crippen molar-refractivity contribution in [1.29, 1.82) is 0 Å². The number of benzene rings is 1. The molecular weight excluding hydrogens is 228 g/mol. The molecule has 0 saturated carbocycles. The van der Waals surface area contributed by atoms with Gasteiger partial charge in [-0.25, -0.2) is 0 Å². The average Bonchev–Trinajstić information content (AvgIpc) is 2.35. The van der Waals surface area contributed by atoms with Gasteiger partial charge in [-0.1, -0.05) is 32.0 Å². The number of nitrogens with one attached hydrogen (secondary N) is 1. The van der Waals surface area contributed by atoms with Crippen LogP contribution in [0, 0.1) is 5.92 Å². The Morgan fingerprint density at radius 1 is 1.29 bits per heavy atom. The minimum atomic E-state index is 0.0528. The molecule has 17 heavy (non-hydrogen) atoms. The molecule has 1 aromatic rings. The summed E-state index contributed by atoms with van der Waals surface area (Å²) in [7, 11) is 0. The zero-order valence-corrected chi connectivity index (χ0v) is 11.9. The first kappa shape index (κ1) is 14.6. The first-order valence-corrected chi connectivity index (χ1v) is 7.20. The van der Waals surface area contributed by atoms with Gasteiger partial charge in [0.2, 0.25) is 0 Å². The number of hydrogen-bond donors (Lipinski definition) is 2. The molecule has 96 valence electrons. The molecule has 0 bridgehead atoms. The van der Waals surface area contributed by atoms with Crippen molar-refractivity contribution in [3.8, 4) is 0 Å². The first-order valence-electron chi connectivity index (χ1n) is 6.21. The van der Waals surface area contributed by atoms with Crippen molar-refractivity contribution < 1.29 is 0 Å². The van der Waals surface area contributed by atoms with Crippen LogP contribution in [0.2, 0.25) is 0 Å². The molecule has 0 aliphatic carbocycles. The topological polar surface area (TPSA) is 38.0 Å². The van der Waals surface area contributed by atoms with Gasteiger partial charge in [0.1, 0.15) is 0 Å². The Labute approximate surface area is 109 Å². The lowest BCUT2D eigenvalue weighted by atomic mass is 9.88. The van der Waals surface area contributed by atoms with Crippen molar-refractivity contribution in [3.63, 3.8) is 0 Å². The molecule has 3 heteroatoms. The van der Waals surface area contributed by atoms with E-state index in [4.69, 9.17) is 5.73 Å². The largest absolute Gasteiger partial charge is 0.329 e. The zero-order valence-electron chi connectivity index (χ0n) is 11.1. The van der Waals surface area contributed by atoms with Crippen LogP contribution in [0.1, 0.15) is 20.8 Å². The standard InChI is InChI=1S/C14H24N2S/c1-12(2)14(3,11-15)16-9-10-17-13-7-5-4-6-8-13/h4-8,12,16H,9-11,15H2,1-3H3. The van der Waals surface area contributed by atoms with Crippen LogP contribution in [0.3, 0.4) is 0 Å². The Balaban J connectivity index is 2.28. The maximum absolute atomic E-state index is 5.83. The predicted octanol–water partition coefficient (Wildman–Crippen LogP) is 2.74. The molecule has 0 amide bonds. The third-order valence-electron chi connectivity index (χ3n) is 3.34. The molecule has 0 heterocycles. The van der Waals surface area contributed by atoms with Gasteiger partial charge in [0, 0.05) is 29.3 Å². The molecule has 1 atom stereocenters. The number of thioether (sulfide) groups is 1. The van der Waals surface area contributed by atoms with E-state index in [1.165, 1.54) is 4.90 Å². The van der Waals surface area contributed by atoms with Crippen molar-refractivity contribution in [1.82, 2.24) is 5.32 Å². The summed E-state index contributed by atoms with van der Waals surface area (Å²) in [6, 6.07) is 10.5. The van der Waals surface area contributed by atoms with Gasteiger partial charge in [-0.05, 0) is 25.0 Å². The number of hydrogen-bond acceptors (Lipinski definition) is 3. The van der Waals surface area contributed by atoms with Crippen molar-refractivity contribution in [2.24, 2.45) is 11.7 Å². The van der Waals surface area contributed by atoms with E-state index in [0.29, 0.717) is 12.5 Å². The Morgan fingerprint density at radius 2 is 1.94 bits per heavy atom. The molecule has 0 saturated heterocycles. The summed E-state index contributed by atoms with van der Waals surface area (Å²) in [6.45, 7) is 8.30. The van der Waals surface area contributed by atoms with E-state index in [2.05, 4.69) is 50.4 Å². The summed E-state index contributed by atoms with van der Waals surface area (Å²) < 4.78 is 0. The van der Waals surface area contributed by atoms with Gasteiger partial charge in [0.05, 0.1) is 0 Å². The van der Waals surface area contributed by atoms with Crippen LogP contribution in [0.15, 0.2) is 35.2 Å². The van der Waals surface area contributed by atoms with Crippen molar-refractivity contribution in [2.45, 2.75) is 31.2 Å². The maximum atomic E-state index is 5.83. The van der Waals surface area contributed by atoms with E-state index >= 15 is 0 Å². The second kappa shape index (κ2) is 7.04. The Hall–Kier alpha value is -0.510. The monoisotopic (exact) mass is 252 g/mol. The molecular formula is C14H24N2S. The summed E-state index contributed by atoms with van der Waals surface area (Å²) in [5.74, 6) is 1.63. The molecule has 0 radical (unpaired) electrons. The van der Waals surface area contributed by atoms with Crippen LogP contribution in [0.5, 0.6) is 0 Å². The van der Waals surface area contributed by atoms with E-state index < -0.39 is 0 Å². The van der Waals surface area contributed by atoms with Crippen LogP contribution in [0.4, 0.5) is 0 Å². The molecule has 0 fully saturated rings. The molecule has 0 aromatic heterocycles. The highest BCUT2D eigenvalue weighted by atomic mass is 32.2. The summed E-state index contributed by atoms with van der Waals surface area (Å²) in [4.78, 5) is 1.33. The maximum Gasteiger partial charge on any atom is 0.0299 e. The highest BCUT2D eigenvalue weighted by Crippen LogP contribution is 2.18. The van der Waals surface area contributed by atoms with Crippen LogP contribution in [-0.4, -0.2) is 24.4 Å². The Kier molecular flexibility index (Phi) is 6.03. The molecule has 3 N–H and O–H groups in total. The summed E-state index contributed by atoms with van der Waals surface area (Å²) in [6.07, 6.45) is 0. The van der Waals surface area contributed by atoms with E-state index in [-0.39, 0.29) is 5.54 Å². The fraction of sp³-hybridized carbons (Fsp3) is 0.571. The number of rotatable bonds is 7. The van der Waals surface area contributed by atoms with Gasteiger partial charge in [0.25, 0.3) is 0 Å². The normalized spacial score (nSPS) is 14.9. The third-order valence-corrected chi connectivity index (χ3v) is 4.35. The second-order valence-electron chi connectivity index (χ2n) is 4.86. The molecule has 1 aromatic carbocycles. The smallest absolute Gasteiger partial charge is 0.0299 e. The van der Waals surface area contributed by atoms with Gasteiger partial charge in [-0.15, -0.1) is 11.8 Å². The van der Waals surface area contributed by atoms with Crippen LogP contribution in [-0.2, 0) is 0 Å². The number of nitrogens with two attached hydrogens (primary N) is 1. The quantitative estimate of drug-likeness (QED) is 0.579. The van der Waals surface area contributed by atoms with Gasteiger partial charge in [-0.2, -0.15) is 0 Å². The SMILES string of the molecule is CC(C)C(C)(CN)NCCSc1ccccc1. The molecule has 0 aliphatic heterocycles. The predicted molar refractivity (Wildman–Crippen MR) is 77.5 cm³/mol. The fourth-order valence-electron chi connectivity index (χ4n) is 1.53. The van der Waals surface area contributed by atoms with E-state index in [1.54, 1.807) is 0 Å². The minimum Gasteiger partial charge on any atom is -0.329 e. The fourth-order valence-corrected chi connectivity index (χ4v) is 2.32. The molecule has 1 rings (SSSR count). The Morgan fingerprint density at radius 3 is 2.47 bits per heavy atom. The van der Waals surface area contributed by atoms with Gasteiger partial charge in [-0.3, -0.25) is 0 Å². The molecule has 1 unspecified atom stereocenters. The molecule has 0 aliphatic rings. The van der Waals surface area contributed by atoms with Gasteiger partial charge >= 0.3 is 0 Å². The van der Waals surface area contributed by atoms with Gasteiger partial charge < -0.3 is 11.1 Å². The zero-order chi connectivity index (χ0) is 12.7. The van der Waals surface area contributed by atoms with Crippen LogP contribution in [0.25, 0.3) is 0 Å². The van der Waals surface area contributed by atoms with E-state index in [1.807, 2.05) is 17.8 Å². The summed E-state index contributed by atoms with van der Waals surface area (Å²) >= 11 is 1.88. The highest BCUT2D eigenvalue weighted by molar-refractivity contribution is 7.99. The van der Waals surface area contributed by atoms with E-state index in [9.17, 15) is 0 Å². The van der Waals surface area contributed by atoms with Crippen molar-refractivity contribution in [3.05, 3.63) is 30.3 Å². The lowest BCUT2D eigenvalue weighted by Gasteiger charge is -2.33. The first-order chi connectivity index (χ1) is 8.08. The second-order valence-corrected chi connectivity index (χ2v) is 6.03. The lowest BCUT2D eigenvalue weighted by Crippen LogP contribution is -2.53. The van der Waals surface area contributed by atoms with Crippen LogP contribution >= 0.6 is 11.8 Å². The van der Waals surface area contributed by atoms with E-state index in [0.717, 1.165) is 12.3 Å². The van der Waals surface area contributed by atoms with Crippen molar-refractivity contribution >= 4 is 11.8 Å². The van der Waals surface area contributed by atoms with Crippen LogP contribution < -0.4 is 11.1 Å². The summed E-state index contributed by atoms with van der Waals surface area (Å²) in [5.41, 5.74) is 5.88. The highest BCUT2D eigenvalue weighted by Gasteiger charge is 2.25. The molecule has 2 nitrogen and oxygen atoms in total. The Bertz CT molecular complexity index is 313. The summed E-state index contributed by atoms with van der Waals surface area (Å²) in [5, 5.41) is 3.57. The average molecular weight is 252 g/mol. The van der Waals surface area contributed by atoms with Gasteiger partial charge in [0.15, 0.2) is 0 Å². The lowest BCUT2D eigenvalue weighted by molar-refractivity contribution is 0.276. The van der Waals surface area contributed by atoms with Crippen molar-refractivity contribution in [2.75, 3.05) is 18.8 Å².